The van der Waals surface area contributed by atoms with Crippen LogP contribution in [0.1, 0.15) is 28.5 Å². The number of benzene rings is 2. The number of anilines is 2. The van der Waals surface area contributed by atoms with Crippen LogP contribution in [0.2, 0.25) is 0 Å². The molecule has 1 aliphatic heterocycles. The van der Waals surface area contributed by atoms with Crippen LogP contribution in [0.25, 0.3) is 0 Å². The predicted octanol–water partition coefficient (Wildman–Crippen LogP) is 4.16. The summed E-state index contributed by atoms with van der Waals surface area (Å²) in [5.41, 5.74) is 5.04. The summed E-state index contributed by atoms with van der Waals surface area (Å²) in [6, 6.07) is 14.0. The lowest BCUT2D eigenvalue weighted by Gasteiger charge is -2.29. The highest BCUT2D eigenvalue weighted by Gasteiger charge is 2.20. The quantitative estimate of drug-likeness (QED) is 0.575. The van der Waals surface area contributed by atoms with Crippen molar-refractivity contribution in [3.8, 4) is 0 Å². The lowest BCUT2D eigenvalue weighted by atomic mass is 9.99. The molecule has 1 aliphatic rings. The Labute approximate surface area is 182 Å². The first-order valence-electron chi connectivity index (χ1n) is 10.1. The van der Waals surface area contributed by atoms with Crippen molar-refractivity contribution in [1.29, 1.82) is 0 Å². The van der Waals surface area contributed by atoms with E-state index in [0.29, 0.717) is 11.3 Å². The van der Waals surface area contributed by atoms with Crippen molar-refractivity contribution >= 4 is 32.0 Å². The summed E-state index contributed by atoms with van der Waals surface area (Å²) < 4.78 is 23.6. The smallest absolute Gasteiger partial charge is 0.185 e. The summed E-state index contributed by atoms with van der Waals surface area (Å²) in [6.07, 6.45) is 4.88. The normalized spacial score (nSPS) is 13.9. The van der Waals surface area contributed by atoms with E-state index in [9.17, 15) is 8.42 Å². The molecule has 0 N–H and O–H groups in total. The Kier molecular flexibility index (Phi) is 5.84. The average molecular weight is 442 g/mol. The van der Waals surface area contributed by atoms with Gasteiger partial charge in [-0.2, -0.15) is 0 Å². The minimum absolute atomic E-state index is 0.366. The molecule has 3 aromatic rings. The lowest BCUT2D eigenvalue weighted by molar-refractivity contribution is 0.602. The summed E-state index contributed by atoms with van der Waals surface area (Å²) in [5.74, 6) is 0. The Morgan fingerprint density at radius 2 is 2.00 bits per heavy atom. The summed E-state index contributed by atoms with van der Waals surface area (Å²) in [7, 11) is -1.07. The van der Waals surface area contributed by atoms with Gasteiger partial charge in [-0.3, -0.25) is 0 Å². The largest absolute Gasteiger partial charge is 0.375 e. The summed E-state index contributed by atoms with van der Waals surface area (Å²) >= 11 is 1.69. The maximum Gasteiger partial charge on any atom is 0.185 e. The predicted molar refractivity (Wildman–Crippen MR) is 125 cm³/mol. The van der Waals surface area contributed by atoms with E-state index >= 15 is 0 Å². The topological polar surface area (TPSA) is 53.5 Å². The summed E-state index contributed by atoms with van der Waals surface area (Å²) in [4.78, 5) is 10.8. The second-order valence-corrected chi connectivity index (χ2v) is 11.0. The first-order valence-corrected chi connectivity index (χ1v) is 12.9. The van der Waals surface area contributed by atoms with Crippen molar-refractivity contribution in [1.82, 2.24) is 4.98 Å². The van der Waals surface area contributed by atoms with Crippen LogP contribution in [-0.2, 0) is 29.2 Å². The molecule has 1 aromatic heterocycles. The molecular formula is C23H27N3O2S2. The van der Waals surface area contributed by atoms with Crippen molar-refractivity contribution in [3.63, 3.8) is 0 Å². The van der Waals surface area contributed by atoms with Crippen molar-refractivity contribution in [3.05, 3.63) is 70.2 Å². The van der Waals surface area contributed by atoms with Crippen LogP contribution in [0.5, 0.6) is 0 Å². The fourth-order valence-corrected chi connectivity index (χ4v) is 5.40. The molecule has 0 bridgehead atoms. The molecule has 2 aromatic carbocycles. The van der Waals surface area contributed by atoms with Gasteiger partial charge in [-0.05, 0) is 54.3 Å². The van der Waals surface area contributed by atoms with Gasteiger partial charge >= 0.3 is 0 Å². The minimum atomic E-state index is -3.19. The molecule has 7 heteroatoms. The third kappa shape index (κ3) is 4.52. The molecule has 0 fully saturated rings. The standard InChI is InChI=1S/C23H27N3O2S2/c1-4-25(2)20-9-8-18-10-11-26(16-19(18)14-20)23-24-15-21(29-23)12-17-6-5-7-22(13-17)30(3,27)28/h5-9,13-15H,4,10-12,16H2,1-3H3. The molecule has 0 atom stereocenters. The van der Waals surface area contributed by atoms with Crippen LogP contribution < -0.4 is 9.80 Å². The Morgan fingerprint density at radius 3 is 2.77 bits per heavy atom. The summed E-state index contributed by atoms with van der Waals surface area (Å²) in [6.45, 7) is 4.98. The monoisotopic (exact) mass is 441 g/mol. The highest BCUT2D eigenvalue weighted by molar-refractivity contribution is 7.90. The maximum absolute atomic E-state index is 11.8. The van der Waals surface area contributed by atoms with E-state index in [1.807, 2.05) is 12.3 Å². The van der Waals surface area contributed by atoms with Crippen LogP contribution in [0, 0.1) is 0 Å². The van der Waals surface area contributed by atoms with E-state index in [-0.39, 0.29) is 0 Å². The fraction of sp³-hybridized carbons (Fsp3) is 0.348. The highest BCUT2D eigenvalue weighted by atomic mass is 32.2. The lowest BCUT2D eigenvalue weighted by Crippen LogP contribution is -2.30. The Hall–Kier alpha value is -2.38. The van der Waals surface area contributed by atoms with Crippen molar-refractivity contribution in [2.45, 2.75) is 31.2 Å². The first kappa shape index (κ1) is 20.9. The molecule has 0 saturated carbocycles. The van der Waals surface area contributed by atoms with Gasteiger partial charge in [-0.15, -0.1) is 11.3 Å². The molecule has 0 saturated heterocycles. The van der Waals surface area contributed by atoms with Crippen LogP contribution in [0.4, 0.5) is 10.8 Å². The Morgan fingerprint density at radius 1 is 1.17 bits per heavy atom. The SMILES string of the molecule is CCN(C)c1ccc2c(c1)CN(c1ncc(Cc3cccc(S(C)(=O)=O)c3)s1)CC2. The van der Waals surface area contributed by atoms with Gasteiger partial charge in [0.25, 0.3) is 0 Å². The van der Waals surface area contributed by atoms with E-state index in [4.69, 9.17) is 0 Å². The maximum atomic E-state index is 11.8. The van der Waals surface area contributed by atoms with Gasteiger partial charge in [0, 0.05) is 56.1 Å². The minimum Gasteiger partial charge on any atom is -0.375 e. The molecule has 0 spiro atoms. The number of thiazole rings is 1. The third-order valence-corrected chi connectivity index (χ3v) is 7.80. The zero-order valence-corrected chi connectivity index (χ0v) is 19.3. The van der Waals surface area contributed by atoms with Gasteiger partial charge in [0.15, 0.2) is 15.0 Å². The van der Waals surface area contributed by atoms with Gasteiger partial charge in [0.05, 0.1) is 4.90 Å². The van der Waals surface area contributed by atoms with Crippen molar-refractivity contribution in [2.24, 2.45) is 0 Å². The van der Waals surface area contributed by atoms with E-state index in [0.717, 1.165) is 41.6 Å². The van der Waals surface area contributed by atoms with E-state index in [1.54, 1.807) is 29.5 Å². The summed E-state index contributed by atoms with van der Waals surface area (Å²) in [5, 5.41) is 1.03. The molecule has 2 heterocycles. The van der Waals surface area contributed by atoms with Gasteiger partial charge in [0.1, 0.15) is 0 Å². The number of rotatable bonds is 6. The van der Waals surface area contributed by atoms with Gasteiger partial charge < -0.3 is 9.80 Å². The molecule has 0 unspecified atom stereocenters. The van der Waals surface area contributed by atoms with Crippen LogP contribution in [-0.4, -0.2) is 39.8 Å². The molecule has 30 heavy (non-hydrogen) atoms. The molecule has 0 radical (unpaired) electrons. The zero-order valence-electron chi connectivity index (χ0n) is 17.6. The Bertz CT molecular complexity index is 1150. The highest BCUT2D eigenvalue weighted by Crippen LogP contribution is 2.31. The molecular weight excluding hydrogens is 414 g/mol. The molecule has 0 aliphatic carbocycles. The van der Waals surface area contributed by atoms with E-state index < -0.39 is 9.84 Å². The van der Waals surface area contributed by atoms with Crippen molar-refractivity contribution < 1.29 is 8.42 Å². The molecule has 5 nitrogen and oxygen atoms in total. The van der Waals surface area contributed by atoms with E-state index in [2.05, 4.69) is 47.0 Å². The Balaban J connectivity index is 1.50. The number of aromatic nitrogens is 1. The average Bonchev–Trinajstić information content (AvgIpc) is 3.20. The third-order valence-electron chi connectivity index (χ3n) is 5.63. The zero-order chi connectivity index (χ0) is 21.3. The second kappa shape index (κ2) is 8.40. The second-order valence-electron chi connectivity index (χ2n) is 7.84. The van der Waals surface area contributed by atoms with Crippen molar-refractivity contribution in [2.75, 3.05) is 36.2 Å². The number of sulfone groups is 1. The van der Waals surface area contributed by atoms with Crippen LogP contribution >= 0.6 is 11.3 Å². The van der Waals surface area contributed by atoms with Gasteiger partial charge in [0.2, 0.25) is 0 Å². The van der Waals surface area contributed by atoms with Crippen LogP contribution in [0.15, 0.2) is 53.6 Å². The number of nitrogens with zero attached hydrogens (tertiary/aromatic N) is 3. The van der Waals surface area contributed by atoms with Gasteiger partial charge in [-0.25, -0.2) is 13.4 Å². The van der Waals surface area contributed by atoms with E-state index in [1.165, 1.54) is 23.1 Å². The molecule has 4 rings (SSSR count). The molecule has 158 valence electrons. The number of fused-ring (bicyclic) bond motifs is 1. The van der Waals surface area contributed by atoms with Gasteiger partial charge in [-0.1, -0.05) is 18.2 Å². The fourth-order valence-electron chi connectivity index (χ4n) is 3.74. The van der Waals surface area contributed by atoms with Crippen LogP contribution in [0.3, 0.4) is 0 Å². The first-order chi connectivity index (χ1) is 14.3. The number of hydrogen-bond donors (Lipinski definition) is 0. The molecule has 0 amide bonds. The number of hydrogen-bond acceptors (Lipinski definition) is 6.